The molecule has 1 unspecified atom stereocenters. The lowest BCUT2D eigenvalue weighted by molar-refractivity contribution is -0.137. The molecule has 0 aromatic heterocycles. The van der Waals surface area contributed by atoms with Crippen molar-refractivity contribution >= 4 is 0 Å². The lowest BCUT2D eigenvalue weighted by Crippen LogP contribution is -2.31. The minimum Gasteiger partial charge on any atom is -0.314 e. The molecular weight excluding hydrogens is 263 g/mol. The minimum absolute atomic E-state index is 0.259. The molecule has 0 amide bonds. The van der Waals surface area contributed by atoms with Gasteiger partial charge >= 0.3 is 6.18 Å². The van der Waals surface area contributed by atoms with Gasteiger partial charge in [-0.3, -0.25) is 0 Å². The van der Waals surface area contributed by atoms with Crippen LogP contribution in [-0.2, 0) is 12.6 Å². The average Bonchev–Trinajstić information content (AvgIpc) is 2.38. The number of likely N-dealkylation sites (N-methyl/N-ethyl adjacent to an activating group) is 1. The number of alkyl halides is 3. The molecule has 114 valence electrons. The zero-order valence-corrected chi connectivity index (χ0v) is 12.3. The maximum absolute atomic E-state index is 12.7. The largest absolute Gasteiger partial charge is 0.416 e. The summed E-state index contributed by atoms with van der Waals surface area (Å²) in [6.07, 6.45) is 0.852. The van der Waals surface area contributed by atoms with E-state index in [1.165, 1.54) is 18.6 Å². The number of nitrogens with one attached hydrogen (secondary N) is 1. The van der Waals surface area contributed by atoms with Crippen molar-refractivity contribution in [2.24, 2.45) is 0 Å². The summed E-state index contributed by atoms with van der Waals surface area (Å²) in [5.41, 5.74) is 0.195. The van der Waals surface area contributed by atoms with Crippen LogP contribution in [0.2, 0.25) is 0 Å². The second-order valence-corrected chi connectivity index (χ2v) is 5.15. The fourth-order valence-corrected chi connectivity index (χ4v) is 2.36. The van der Waals surface area contributed by atoms with Crippen molar-refractivity contribution in [3.05, 3.63) is 35.4 Å². The van der Waals surface area contributed by atoms with Crippen LogP contribution in [0, 0.1) is 0 Å². The van der Waals surface area contributed by atoms with Gasteiger partial charge in [0.05, 0.1) is 5.56 Å². The summed E-state index contributed by atoms with van der Waals surface area (Å²) < 4.78 is 38.1. The Morgan fingerprint density at radius 2 is 1.90 bits per heavy atom. The van der Waals surface area contributed by atoms with Crippen LogP contribution in [0.15, 0.2) is 24.3 Å². The van der Waals surface area contributed by atoms with E-state index in [1.54, 1.807) is 6.07 Å². The van der Waals surface area contributed by atoms with Crippen LogP contribution in [-0.4, -0.2) is 12.6 Å². The van der Waals surface area contributed by atoms with Crippen molar-refractivity contribution in [1.29, 1.82) is 0 Å². The predicted molar refractivity (Wildman–Crippen MR) is 76.8 cm³/mol. The lowest BCUT2D eigenvalue weighted by Gasteiger charge is -2.18. The van der Waals surface area contributed by atoms with E-state index in [2.05, 4.69) is 12.2 Å². The second-order valence-electron chi connectivity index (χ2n) is 5.15. The number of rotatable bonds is 8. The van der Waals surface area contributed by atoms with E-state index in [0.29, 0.717) is 6.42 Å². The molecule has 1 aromatic rings. The molecule has 0 spiro atoms. The van der Waals surface area contributed by atoms with E-state index in [4.69, 9.17) is 0 Å². The first-order valence-corrected chi connectivity index (χ1v) is 7.36. The fourth-order valence-electron chi connectivity index (χ4n) is 2.36. The van der Waals surface area contributed by atoms with Gasteiger partial charge in [-0.05, 0) is 31.0 Å². The SMILES string of the molecule is CCCCCC(Cc1cccc(C(F)(F)F)c1)NCC. The molecule has 0 bridgehead atoms. The summed E-state index contributed by atoms with van der Waals surface area (Å²) in [5.74, 6) is 0. The molecule has 0 aliphatic carbocycles. The molecule has 1 nitrogen and oxygen atoms in total. The maximum Gasteiger partial charge on any atom is 0.416 e. The Kier molecular flexibility index (Phi) is 7.06. The summed E-state index contributed by atoms with van der Waals surface area (Å²) >= 11 is 0. The molecular formula is C16H24F3N. The Morgan fingerprint density at radius 3 is 2.50 bits per heavy atom. The molecule has 0 saturated heterocycles. The van der Waals surface area contributed by atoms with Gasteiger partial charge in [0, 0.05) is 6.04 Å². The zero-order valence-electron chi connectivity index (χ0n) is 12.3. The monoisotopic (exact) mass is 287 g/mol. The van der Waals surface area contributed by atoms with Crippen LogP contribution in [0.5, 0.6) is 0 Å². The zero-order chi connectivity index (χ0) is 15.0. The van der Waals surface area contributed by atoms with E-state index in [1.807, 2.05) is 6.92 Å². The molecule has 0 saturated carbocycles. The normalized spacial score (nSPS) is 13.4. The third kappa shape index (κ3) is 5.95. The van der Waals surface area contributed by atoms with E-state index in [0.717, 1.165) is 37.4 Å². The average molecular weight is 287 g/mol. The first-order valence-electron chi connectivity index (χ1n) is 7.36. The van der Waals surface area contributed by atoms with Gasteiger partial charge in [0.15, 0.2) is 0 Å². The molecule has 1 N–H and O–H groups in total. The quantitative estimate of drug-likeness (QED) is 0.677. The summed E-state index contributed by atoms with van der Waals surface area (Å²) in [6, 6.07) is 5.93. The van der Waals surface area contributed by atoms with Crippen LogP contribution >= 0.6 is 0 Å². The Balaban J connectivity index is 2.67. The minimum atomic E-state index is -4.26. The van der Waals surface area contributed by atoms with Crippen LogP contribution in [0.25, 0.3) is 0 Å². The highest BCUT2D eigenvalue weighted by Gasteiger charge is 2.30. The van der Waals surface area contributed by atoms with E-state index >= 15 is 0 Å². The van der Waals surface area contributed by atoms with Gasteiger partial charge in [-0.25, -0.2) is 0 Å². The molecule has 1 atom stereocenters. The Labute approximate surface area is 119 Å². The van der Waals surface area contributed by atoms with Gasteiger partial charge in [-0.15, -0.1) is 0 Å². The van der Waals surface area contributed by atoms with Gasteiger partial charge < -0.3 is 5.32 Å². The second kappa shape index (κ2) is 8.30. The number of benzene rings is 1. The Bertz CT molecular complexity index is 388. The standard InChI is InChI=1S/C16H24F3N/c1-3-5-6-10-15(20-4-2)12-13-8-7-9-14(11-13)16(17,18)19/h7-9,11,15,20H,3-6,10,12H2,1-2H3. The van der Waals surface area contributed by atoms with E-state index < -0.39 is 11.7 Å². The Morgan fingerprint density at radius 1 is 1.15 bits per heavy atom. The van der Waals surface area contributed by atoms with Crippen LogP contribution in [0.4, 0.5) is 13.2 Å². The van der Waals surface area contributed by atoms with Crippen molar-refractivity contribution < 1.29 is 13.2 Å². The first kappa shape index (κ1) is 17.0. The fraction of sp³-hybridized carbons (Fsp3) is 0.625. The highest BCUT2D eigenvalue weighted by molar-refractivity contribution is 5.26. The third-order valence-electron chi connectivity index (χ3n) is 3.39. The van der Waals surface area contributed by atoms with Gasteiger partial charge in [0.1, 0.15) is 0 Å². The highest BCUT2D eigenvalue weighted by Crippen LogP contribution is 2.29. The van der Waals surface area contributed by atoms with Gasteiger partial charge in [0.2, 0.25) is 0 Å². The molecule has 0 heterocycles. The topological polar surface area (TPSA) is 12.0 Å². The Hall–Kier alpha value is -1.03. The third-order valence-corrected chi connectivity index (χ3v) is 3.39. The molecule has 0 radical (unpaired) electrons. The number of hydrogen-bond acceptors (Lipinski definition) is 1. The van der Waals surface area contributed by atoms with Crippen molar-refractivity contribution in [3.63, 3.8) is 0 Å². The first-order chi connectivity index (χ1) is 9.47. The molecule has 0 aliphatic heterocycles. The molecule has 0 fully saturated rings. The highest BCUT2D eigenvalue weighted by atomic mass is 19.4. The van der Waals surface area contributed by atoms with Gasteiger partial charge in [-0.2, -0.15) is 13.2 Å². The summed E-state index contributed by atoms with van der Waals surface area (Å²) in [5, 5.41) is 3.37. The van der Waals surface area contributed by atoms with Crippen LogP contribution < -0.4 is 5.32 Å². The van der Waals surface area contributed by atoms with Crippen molar-refractivity contribution in [2.75, 3.05) is 6.54 Å². The maximum atomic E-state index is 12.7. The molecule has 4 heteroatoms. The van der Waals surface area contributed by atoms with Crippen molar-refractivity contribution in [1.82, 2.24) is 5.32 Å². The summed E-state index contributed by atoms with van der Waals surface area (Å²) in [7, 11) is 0. The van der Waals surface area contributed by atoms with E-state index in [9.17, 15) is 13.2 Å². The molecule has 1 aromatic carbocycles. The molecule has 0 aliphatic rings. The van der Waals surface area contributed by atoms with Crippen LogP contribution in [0.1, 0.15) is 50.7 Å². The number of halogens is 3. The van der Waals surface area contributed by atoms with Gasteiger partial charge in [0.25, 0.3) is 0 Å². The number of hydrogen-bond donors (Lipinski definition) is 1. The summed E-state index contributed by atoms with van der Waals surface area (Å²) in [4.78, 5) is 0. The summed E-state index contributed by atoms with van der Waals surface area (Å²) in [6.45, 7) is 5.02. The van der Waals surface area contributed by atoms with E-state index in [-0.39, 0.29) is 6.04 Å². The predicted octanol–water partition coefficient (Wildman–Crippen LogP) is 4.81. The number of unbranched alkanes of at least 4 members (excludes halogenated alkanes) is 2. The smallest absolute Gasteiger partial charge is 0.314 e. The molecule has 1 rings (SSSR count). The van der Waals surface area contributed by atoms with Gasteiger partial charge in [-0.1, -0.05) is 51.3 Å². The molecule has 20 heavy (non-hydrogen) atoms. The van der Waals surface area contributed by atoms with Crippen molar-refractivity contribution in [3.8, 4) is 0 Å². The lowest BCUT2D eigenvalue weighted by atomic mass is 9.99. The van der Waals surface area contributed by atoms with Crippen molar-refractivity contribution in [2.45, 2.75) is 58.2 Å². The van der Waals surface area contributed by atoms with Crippen LogP contribution in [0.3, 0.4) is 0 Å².